The third kappa shape index (κ3) is 2.75. The molecule has 0 bridgehead atoms. The molecule has 1 amide bonds. The Hall–Kier alpha value is -1.58. The van der Waals surface area contributed by atoms with E-state index >= 15 is 0 Å². The van der Waals surface area contributed by atoms with Crippen LogP contribution in [-0.2, 0) is 9.59 Å². The van der Waals surface area contributed by atoms with Crippen LogP contribution in [0.5, 0.6) is 0 Å². The number of nitrogens with zero attached hydrogens (tertiary/aromatic N) is 1. The second-order valence-electron chi connectivity index (χ2n) is 4.56. The Kier molecular flexibility index (Phi) is 3.61. The molecule has 0 fully saturated rings. The first-order chi connectivity index (χ1) is 8.18. The summed E-state index contributed by atoms with van der Waals surface area (Å²) in [5.74, 6) is -0.750. The molecule has 1 heterocycles. The van der Waals surface area contributed by atoms with E-state index in [0.29, 0.717) is 18.5 Å². The number of carboxylic acid groups (broad SMARTS) is 1. The second kappa shape index (κ2) is 5.17. The average Bonchev–Trinajstić information content (AvgIpc) is 2.39. The zero-order chi connectivity index (χ0) is 12.3. The molecule has 0 spiro atoms. The first-order valence-electron chi connectivity index (χ1n) is 6.04. The van der Waals surface area contributed by atoms with E-state index in [1.165, 1.54) is 0 Å². The Morgan fingerprint density at radius 1 is 1.29 bits per heavy atom. The van der Waals surface area contributed by atoms with Crippen molar-refractivity contribution in [3.63, 3.8) is 0 Å². The smallest absolute Gasteiger partial charge is 0.333 e. The third-order valence-electron chi connectivity index (χ3n) is 3.36. The summed E-state index contributed by atoms with van der Waals surface area (Å²) in [4.78, 5) is 24.8. The predicted octanol–water partition coefficient (Wildman–Crippen LogP) is 1.59. The van der Waals surface area contributed by atoms with E-state index in [1.807, 2.05) is 6.08 Å². The fourth-order valence-electron chi connectivity index (χ4n) is 2.36. The average molecular weight is 235 g/mol. The Morgan fingerprint density at radius 2 is 2.12 bits per heavy atom. The molecule has 0 radical (unpaired) electrons. The van der Waals surface area contributed by atoms with Gasteiger partial charge in [-0.25, -0.2) is 4.79 Å². The van der Waals surface area contributed by atoms with Gasteiger partial charge in [0.05, 0.1) is 12.1 Å². The molecule has 1 aliphatic carbocycles. The van der Waals surface area contributed by atoms with Crippen LogP contribution in [0.25, 0.3) is 0 Å². The molecule has 4 heteroatoms. The van der Waals surface area contributed by atoms with Gasteiger partial charge in [-0.1, -0.05) is 18.2 Å². The van der Waals surface area contributed by atoms with Gasteiger partial charge in [0, 0.05) is 12.5 Å². The van der Waals surface area contributed by atoms with Crippen LogP contribution in [0.1, 0.15) is 25.7 Å². The van der Waals surface area contributed by atoms with Crippen LogP contribution in [0.4, 0.5) is 0 Å². The minimum absolute atomic E-state index is 0.0492. The van der Waals surface area contributed by atoms with Crippen LogP contribution in [-0.4, -0.2) is 35.0 Å². The standard InChI is InChI=1S/C13H17NO3/c15-12(10-5-2-1-3-6-10)14-8-4-7-11(9-14)13(16)17/h1-2,7,10H,3-6,8-9H2,(H,16,17). The Labute approximate surface area is 101 Å². The van der Waals surface area contributed by atoms with Crippen molar-refractivity contribution in [3.8, 4) is 0 Å². The molecule has 1 aliphatic heterocycles. The minimum atomic E-state index is -0.911. The van der Waals surface area contributed by atoms with E-state index in [-0.39, 0.29) is 18.4 Å². The number of carboxylic acids is 1. The van der Waals surface area contributed by atoms with Gasteiger partial charge in [-0.15, -0.1) is 0 Å². The van der Waals surface area contributed by atoms with E-state index in [0.717, 1.165) is 19.3 Å². The van der Waals surface area contributed by atoms with Crippen molar-refractivity contribution in [2.75, 3.05) is 13.1 Å². The highest BCUT2D eigenvalue weighted by molar-refractivity contribution is 5.89. The zero-order valence-corrected chi connectivity index (χ0v) is 9.76. The predicted molar refractivity (Wildman–Crippen MR) is 63.4 cm³/mol. The lowest BCUT2D eigenvalue weighted by molar-refractivity contribution is -0.137. The summed E-state index contributed by atoms with van der Waals surface area (Å²) < 4.78 is 0. The van der Waals surface area contributed by atoms with Gasteiger partial charge in [0.15, 0.2) is 0 Å². The van der Waals surface area contributed by atoms with E-state index < -0.39 is 5.97 Å². The summed E-state index contributed by atoms with van der Waals surface area (Å²) in [5, 5.41) is 8.93. The van der Waals surface area contributed by atoms with Crippen molar-refractivity contribution in [3.05, 3.63) is 23.8 Å². The van der Waals surface area contributed by atoms with Crippen LogP contribution in [0.2, 0.25) is 0 Å². The topological polar surface area (TPSA) is 57.6 Å². The van der Waals surface area contributed by atoms with Gasteiger partial charge in [0.25, 0.3) is 0 Å². The summed E-state index contributed by atoms with van der Waals surface area (Å²) >= 11 is 0. The van der Waals surface area contributed by atoms with Crippen molar-refractivity contribution in [1.82, 2.24) is 4.90 Å². The SMILES string of the molecule is O=C(O)C1=CCCN(C(=O)C2CC=CCC2)C1. The highest BCUT2D eigenvalue weighted by atomic mass is 16.4. The van der Waals surface area contributed by atoms with Gasteiger partial charge in [-0.3, -0.25) is 4.79 Å². The van der Waals surface area contributed by atoms with Gasteiger partial charge >= 0.3 is 5.97 Å². The van der Waals surface area contributed by atoms with Gasteiger partial charge in [-0.05, 0) is 25.7 Å². The molecule has 1 unspecified atom stereocenters. The lowest BCUT2D eigenvalue weighted by Crippen LogP contribution is -2.41. The van der Waals surface area contributed by atoms with Crippen LogP contribution in [0, 0.1) is 5.92 Å². The second-order valence-corrected chi connectivity index (χ2v) is 4.56. The molecule has 0 aromatic heterocycles. The molecule has 92 valence electrons. The molecule has 4 nitrogen and oxygen atoms in total. The van der Waals surface area contributed by atoms with Gasteiger partial charge < -0.3 is 10.0 Å². The van der Waals surface area contributed by atoms with Crippen molar-refractivity contribution < 1.29 is 14.7 Å². The molecule has 0 aromatic rings. The molecule has 0 saturated heterocycles. The molecule has 1 N–H and O–H groups in total. The van der Waals surface area contributed by atoms with E-state index in [2.05, 4.69) is 6.08 Å². The maximum absolute atomic E-state index is 12.2. The summed E-state index contributed by atoms with van der Waals surface area (Å²) in [6.45, 7) is 0.907. The fraction of sp³-hybridized carbons (Fsp3) is 0.538. The first kappa shape index (κ1) is 11.9. The number of hydrogen-bond donors (Lipinski definition) is 1. The maximum atomic E-state index is 12.2. The minimum Gasteiger partial charge on any atom is -0.478 e. The molecule has 2 aliphatic rings. The number of aliphatic carboxylic acids is 1. The maximum Gasteiger partial charge on any atom is 0.333 e. The third-order valence-corrected chi connectivity index (χ3v) is 3.36. The molecular formula is C13H17NO3. The molecular weight excluding hydrogens is 218 g/mol. The fourth-order valence-corrected chi connectivity index (χ4v) is 2.36. The lowest BCUT2D eigenvalue weighted by Gasteiger charge is -2.30. The van der Waals surface area contributed by atoms with Crippen molar-refractivity contribution in [1.29, 1.82) is 0 Å². The summed E-state index contributed by atoms with van der Waals surface area (Å²) in [7, 11) is 0. The number of amides is 1. The summed E-state index contributed by atoms with van der Waals surface area (Å²) in [5.41, 5.74) is 0.343. The molecule has 1 atom stereocenters. The van der Waals surface area contributed by atoms with Crippen LogP contribution < -0.4 is 0 Å². The largest absolute Gasteiger partial charge is 0.478 e. The molecule has 0 saturated carbocycles. The molecule has 17 heavy (non-hydrogen) atoms. The Balaban J connectivity index is 1.99. The normalized spacial score (nSPS) is 24.4. The van der Waals surface area contributed by atoms with E-state index in [9.17, 15) is 9.59 Å². The first-order valence-corrected chi connectivity index (χ1v) is 6.04. The van der Waals surface area contributed by atoms with Crippen molar-refractivity contribution >= 4 is 11.9 Å². The zero-order valence-electron chi connectivity index (χ0n) is 9.76. The Bertz CT molecular complexity index is 384. The van der Waals surface area contributed by atoms with Crippen molar-refractivity contribution in [2.45, 2.75) is 25.7 Å². The quantitative estimate of drug-likeness (QED) is 0.739. The van der Waals surface area contributed by atoms with Gasteiger partial charge in [-0.2, -0.15) is 0 Å². The number of rotatable bonds is 2. The monoisotopic (exact) mass is 235 g/mol. The van der Waals surface area contributed by atoms with E-state index in [4.69, 9.17) is 5.11 Å². The van der Waals surface area contributed by atoms with Crippen LogP contribution in [0.15, 0.2) is 23.8 Å². The summed E-state index contributed by atoms with van der Waals surface area (Å²) in [6, 6.07) is 0. The van der Waals surface area contributed by atoms with Crippen LogP contribution in [0.3, 0.4) is 0 Å². The van der Waals surface area contributed by atoms with Crippen LogP contribution >= 0.6 is 0 Å². The lowest BCUT2D eigenvalue weighted by atomic mass is 9.92. The number of hydrogen-bond acceptors (Lipinski definition) is 2. The highest BCUT2D eigenvalue weighted by Crippen LogP contribution is 2.22. The Morgan fingerprint density at radius 3 is 2.76 bits per heavy atom. The molecule has 2 rings (SSSR count). The number of allylic oxidation sites excluding steroid dienone is 2. The van der Waals surface area contributed by atoms with Gasteiger partial charge in [0.2, 0.25) is 5.91 Å². The molecule has 0 aromatic carbocycles. The number of carbonyl (C=O) groups excluding carboxylic acids is 1. The number of carbonyl (C=O) groups is 2. The van der Waals surface area contributed by atoms with Crippen molar-refractivity contribution in [2.24, 2.45) is 5.92 Å². The highest BCUT2D eigenvalue weighted by Gasteiger charge is 2.27. The van der Waals surface area contributed by atoms with Gasteiger partial charge in [0.1, 0.15) is 0 Å². The summed E-state index contributed by atoms with van der Waals surface area (Å²) in [6.07, 6.45) is 9.14. The van der Waals surface area contributed by atoms with E-state index in [1.54, 1.807) is 11.0 Å².